The Morgan fingerprint density at radius 2 is 1.74 bits per heavy atom. The molecule has 0 saturated carbocycles. The summed E-state index contributed by atoms with van der Waals surface area (Å²) in [5, 5.41) is 0.0687. The van der Waals surface area contributed by atoms with Gasteiger partial charge in [-0.05, 0) is 12.1 Å². The monoisotopic (exact) mass is 417 g/mol. The van der Waals surface area contributed by atoms with Gasteiger partial charge in [0.1, 0.15) is 26.9 Å². The van der Waals surface area contributed by atoms with Crippen LogP contribution in [0.25, 0.3) is 10.9 Å². The molecule has 1 aromatic carbocycles. The molecule has 2 heterocycles. The maximum atomic E-state index is 14.1. The molecule has 0 aliphatic carbocycles. The molecule has 8 nitrogen and oxygen atoms in total. The van der Waals surface area contributed by atoms with Gasteiger partial charge in [-0.2, -0.15) is 0 Å². The number of hydrogen-bond acceptors (Lipinski definition) is 5. The largest absolute Gasteiger partial charge is 0.355 e. The van der Waals surface area contributed by atoms with Crippen LogP contribution in [0, 0.1) is 11.6 Å². The van der Waals surface area contributed by atoms with Gasteiger partial charge in [0.15, 0.2) is 9.84 Å². The zero-order chi connectivity index (χ0) is 20.1. The topological polar surface area (TPSA) is 118 Å². The Bertz CT molecular complexity index is 1340. The first-order valence-corrected chi connectivity index (χ1v) is 10.7. The number of aryl methyl sites for hydroxylation is 1. The van der Waals surface area contributed by atoms with Crippen LogP contribution in [0.1, 0.15) is 0 Å². The van der Waals surface area contributed by atoms with Crippen LogP contribution < -0.4 is 10.3 Å². The molecule has 0 atom stereocenters. The van der Waals surface area contributed by atoms with E-state index in [0.29, 0.717) is 18.4 Å². The second kappa shape index (κ2) is 6.16. The third-order valence-corrected chi connectivity index (χ3v) is 6.35. The van der Waals surface area contributed by atoms with Crippen molar-refractivity contribution in [2.75, 3.05) is 11.0 Å². The molecule has 0 saturated heterocycles. The van der Waals surface area contributed by atoms with Crippen LogP contribution in [0.4, 0.5) is 14.5 Å². The van der Waals surface area contributed by atoms with Crippen molar-refractivity contribution in [3.05, 3.63) is 52.6 Å². The Labute approximate surface area is 152 Å². The first kappa shape index (κ1) is 19.0. The summed E-state index contributed by atoms with van der Waals surface area (Å²) in [5.41, 5.74) is -1.21. The van der Waals surface area contributed by atoms with Gasteiger partial charge in [0, 0.05) is 37.1 Å². The summed E-state index contributed by atoms with van der Waals surface area (Å²) < 4.78 is 79.2. The summed E-state index contributed by atoms with van der Waals surface area (Å²) in [7, 11) is -6.95. The highest BCUT2D eigenvalue weighted by molar-refractivity contribution is 7.93. The number of nitrogens with one attached hydrogen (secondary N) is 2. The molecule has 0 aliphatic rings. The molecule has 0 radical (unpaired) electrons. The van der Waals surface area contributed by atoms with Crippen molar-refractivity contribution in [3.8, 4) is 0 Å². The van der Waals surface area contributed by atoms with E-state index < -0.39 is 47.6 Å². The van der Waals surface area contributed by atoms with E-state index in [0.717, 1.165) is 6.20 Å². The number of sulfonamides is 1. The highest BCUT2D eigenvalue weighted by Gasteiger charge is 2.24. The zero-order valence-electron chi connectivity index (χ0n) is 13.9. The van der Waals surface area contributed by atoms with E-state index in [-0.39, 0.29) is 15.8 Å². The van der Waals surface area contributed by atoms with Gasteiger partial charge in [-0.15, -0.1) is 0 Å². The lowest BCUT2D eigenvalue weighted by molar-refractivity contribution is 0.557. The summed E-state index contributed by atoms with van der Waals surface area (Å²) in [4.78, 5) is 13.3. The van der Waals surface area contributed by atoms with Gasteiger partial charge >= 0.3 is 0 Å². The van der Waals surface area contributed by atoms with Crippen molar-refractivity contribution in [1.82, 2.24) is 9.55 Å². The highest BCUT2D eigenvalue weighted by Crippen LogP contribution is 2.27. The minimum atomic E-state index is -4.40. The minimum Gasteiger partial charge on any atom is -0.355 e. The Kier molecular flexibility index (Phi) is 4.35. The molecule has 0 amide bonds. The number of anilines is 1. The molecule has 0 bridgehead atoms. The molecule has 0 aliphatic heterocycles. The number of sulfone groups is 1. The lowest BCUT2D eigenvalue weighted by atomic mass is 10.3. The van der Waals surface area contributed by atoms with E-state index in [2.05, 4.69) is 4.98 Å². The second-order valence-corrected chi connectivity index (χ2v) is 9.45. The van der Waals surface area contributed by atoms with Crippen LogP contribution in [0.5, 0.6) is 0 Å². The summed E-state index contributed by atoms with van der Waals surface area (Å²) >= 11 is 0. The normalized spacial score (nSPS) is 12.4. The van der Waals surface area contributed by atoms with Crippen LogP contribution in [0.3, 0.4) is 0 Å². The molecule has 144 valence electrons. The average Bonchev–Trinajstić information content (AvgIpc) is 2.98. The summed E-state index contributed by atoms with van der Waals surface area (Å²) in [6.07, 6.45) is 3.10. The highest BCUT2D eigenvalue weighted by atomic mass is 32.2. The summed E-state index contributed by atoms with van der Waals surface area (Å²) in [5.74, 6) is -2.57. The number of rotatable bonds is 4. The van der Waals surface area contributed by atoms with Crippen LogP contribution in [0.2, 0.25) is 0 Å². The van der Waals surface area contributed by atoms with E-state index in [1.807, 2.05) is 4.72 Å². The number of fused-ring (bicyclic) bond motifs is 1. The lowest BCUT2D eigenvalue weighted by Gasteiger charge is -2.10. The number of nitrogens with zero attached hydrogens (tertiary/aromatic N) is 1. The van der Waals surface area contributed by atoms with Crippen molar-refractivity contribution >= 4 is 36.5 Å². The molecule has 0 spiro atoms. The predicted octanol–water partition coefficient (Wildman–Crippen LogP) is 1.35. The van der Waals surface area contributed by atoms with Crippen molar-refractivity contribution in [3.63, 3.8) is 0 Å². The number of hydrogen-bond donors (Lipinski definition) is 2. The van der Waals surface area contributed by atoms with Crippen LogP contribution in [-0.2, 0) is 26.9 Å². The number of H-pyrrole nitrogens is 1. The molecule has 3 aromatic rings. The maximum Gasteiger partial charge on any atom is 0.274 e. The number of pyridine rings is 1. The van der Waals surface area contributed by atoms with E-state index in [1.54, 1.807) is 0 Å². The van der Waals surface area contributed by atoms with E-state index in [9.17, 15) is 30.4 Å². The van der Waals surface area contributed by atoms with E-state index in [4.69, 9.17) is 0 Å². The number of aromatic amines is 1. The van der Waals surface area contributed by atoms with Crippen molar-refractivity contribution in [1.29, 1.82) is 0 Å². The van der Waals surface area contributed by atoms with Gasteiger partial charge in [0.25, 0.3) is 15.6 Å². The molecule has 2 aromatic heterocycles. The van der Waals surface area contributed by atoms with Crippen LogP contribution in [0.15, 0.2) is 45.2 Å². The predicted molar refractivity (Wildman–Crippen MR) is 93.8 cm³/mol. The Morgan fingerprint density at radius 3 is 2.37 bits per heavy atom. The van der Waals surface area contributed by atoms with Crippen molar-refractivity contribution < 1.29 is 25.6 Å². The van der Waals surface area contributed by atoms with Gasteiger partial charge in [-0.25, -0.2) is 25.6 Å². The van der Waals surface area contributed by atoms with Gasteiger partial charge in [0.2, 0.25) is 0 Å². The number of benzene rings is 1. The SMILES string of the molecule is Cn1ccc2c(S(=O)(=O)Nc3cc(F)c(S(C)(=O)=O)cc3F)c[nH]c2c1=O. The Hall–Kier alpha value is -2.73. The van der Waals surface area contributed by atoms with Crippen molar-refractivity contribution in [2.45, 2.75) is 9.79 Å². The Balaban J connectivity index is 2.10. The third kappa shape index (κ3) is 3.32. The fourth-order valence-corrected chi connectivity index (χ4v) is 4.46. The fourth-order valence-electron chi connectivity index (χ4n) is 2.50. The standard InChI is InChI=1S/C15H13F2N3O5S2/c1-20-4-3-8-13(7-18-14(8)15(20)21)27(24,25)19-11-5-10(17)12(6-9(11)16)26(2,22)23/h3-7,18-19H,1-2H3. The molecule has 27 heavy (non-hydrogen) atoms. The van der Waals surface area contributed by atoms with Gasteiger partial charge in [-0.1, -0.05) is 0 Å². The Morgan fingerprint density at radius 1 is 1.07 bits per heavy atom. The zero-order valence-corrected chi connectivity index (χ0v) is 15.6. The molecule has 0 fully saturated rings. The van der Waals surface area contributed by atoms with Gasteiger partial charge in [-0.3, -0.25) is 9.52 Å². The summed E-state index contributed by atoms with van der Waals surface area (Å²) in [6.45, 7) is 0. The molecule has 0 unspecified atom stereocenters. The molecule has 3 rings (SSSR count). The quantitative estimate of drug-likeness (QED) is 0.664. The first-order chi connectivity index (χ1) is 12.4. The number of aromatic nitrogens is 2. The summed E-state index contributed by atoms with van der Waals surface area (Å²) in [6, 6.07) is 2.22. The molecule has 12 heteroatoms. The molecule has 2 N–H and O–H groups in total. The number of halogens is 2. The van der Waals surface area contributed by atoms with Gasteiger partial charge < -0.3 is 9.55 Å². The molecular formula is C15H13F2N3O5S2. The van der Waals surface area contributed by atoms with Crippen LogP contribution >= 0.6 is 0 Å². The van der Waals surface area contributed by atoms with E-state index in [1.165, 1.54) is 23.9 Å². The van der Waals surface area contributed by atoms with E-state index >= 15 is 0 Å². The first-order valence-electron chi connectivity index (χ1n) is 7.30. The van der Waals surface area contributed by atoms with Crippen LogP contribution in [-0.4, -0.2) is 32.6 Å². The third-order valence-electron chi connectivity index (χ3n) is 3.84. The van der Waals surface area contributed by atoms with Gasteiger partial charge in [0.05, 0.1) is 5.69 Å². The second-order valence-electron chi connectivity index (χ2n) is 5.81. The average molecular weight is 417 g/mol. The van der Waals surface area contributed by atoms with Crippen molar-refractivity contribution in [2.24, 2.45) is 7.05 Å². The minimum absolute atomic E-state index is 0.0273. The lowest BCUT2D eigenvalue weighted by Crippen LogP contribution is -2.17. The maximum absolute atomic E-state index is 14.1. The molecular weight excluding hydrogens is 404 g/mol. The smallest absolute Gasteiger partial charge is 0.274 e. The fraction of sp³-hybridized carbons (Fsp3) is 0.133.